The molecule has 0 nitrogen and oxygen atoms in total. The number of hydrogen-bond donors (Lipinski definition) is 0. The zero-order chi connectivity index (χ0) is 7.07. The lowest BCUT2D eigenvalue weighted by Gasteiger charge is -1.95. The van der Waals surface area contributed by atoms with E-state index in [0.29, 0.717) is 0 Å². The maximum Gasteiger partial charge on any atom is -0.0311 e. The van der Waals surface area contributed by atoms with Crippen molar-refractivity contribution in [2.75, 3.05) is 0 Å². The quantitative estimate of drug-likeness (QED) is 0.447. The van der Waals surface area contributed by atoms with E-state index in [1.165, 1.54) is 19.3 Å². The van der Waals surface area contributed by atoms with Gasteiger partial charge in [-0.3, -0.25) is 0 Å². The molecule has 1 radical (unpaired) electrons. The molecule has 0 amide bonds. The molecule has 0 aliphatic heterocycles. The van der Waals surface area contributed by atoms with E-state index < -0.39 is 0 Å². The van der Waals surface area contributed by atoms with Gasteiger partial charge in [-0.2, -0.15) is 0 Å². The van der Waals surface area contributed by atoms with Gasteiger partial charge in [0, 0.05) is 0 Å². The molecule has 0 fully saturated rings. The molecule has 1 aliphatic carbocycles. The van der Waals surface area contributed by atoms with Gasteiger partial charge in [0.25, 0.3) is 0 Å². The lowest BCUT2D eigenvalue weighted by atomic mass is 10.1. The first-order valence-corrected chi connectivity index (χ1v) is 4.12. The van der Waals surface area contributed by atoms with E-state index >= 15 is 0 Å². The average Bonchev–Trinajstić information content (AvgIpc) is 2.01. The molecule has 10 heavy (non-hydrogen) atoms. The Hall–Kier alpha value is -0.520. The third kappa shape index (κ3) is 3.49. The third-order valence-electron chi connectivity index (χ3n) is 1.68. The minimum Gasteiger partial charge on any atom is -0.0885 e. The molecular formula is C10H15. The summed E-state index contributed by atoms with van der Waals surface area (Å²) in [5, 5.41) is 0. The van der Waals surface area contributed by atoms with Gasteiger partial charge in [0.05, 0.1) is 0 Å². The van der Waals surface area contributed by atoms with Crippen LogP contribution in [0, 0.1) is 6.42 Å². The molecule has 0 N–H and O–H groups in total. The van der Waals surface area contributed by atoms with Crippen molar-refractivity contribution >= 4 is 0 Å². The number of rotatable bonds is 0. The van der Waals surface area contributed by atoms with Crippen LogP contribution in [-0.4, -0.2) is 0 Å². The first-order chi connectivity index (χ1) is 5.00. The Morgan fingerprint density at radius 2 is 1.30 bits per heavy atom. The summed E-state index contributed by atoms with van der Waals surface area (Å²) in [6, 6.07) is 0. The van der Waals surface area contributed by atoms with Crippen LogP contribution in [0.2, 0.25) is 0 Å². The molecular weight excluding hydrogens is 120 g/mol. The van der Waals surface area contributed by atoms with Gasteiger partial charge in [-0.15, -0.1) is 0 Å². The maximum atomic E-state index is 2.30. The van der Waals surface area contributed by atoms with Crippen LogP contribution in [0.4, 0.5) is 0 Å². The molecule has 0 bridgehead atoms. The van der Waals surface area contributed by atoms with Crippen LogP contribution in [0.1, 0.15) is 32.1 Å². The molecule has 0 aromatic carbocycles. The topological polar surface area (TPSA) is 0 Å². The highest BCUT2D eigenvalue weighted by molar-refractivity contribution is 4.94. The molecule has 0 saturated heterocycles. The lowest BCUT2D eigenvalue weighted by molar-refractivity contribution is 0.856. The highest BCUT2D eigenvalue weighted by Gasteiger charge is 1.85. The molecule has 1 rings (SSSR count). The van der Waals surface area contributed by atoms with Crippen molar-refractivity contribution in [3.63, 3.8) is 0 Å². The Morgan fingerprint density at radius 1 is 0.700 bits per heavy atom. The van der Waals surface area contributed by atoms with Crippen LogP contribution in [0.5, 0.6) is 0 Å². The Bertz CT molecular complexity index is 92.0. The van der Waals surface area contributed by atoms with Crippen LogP contribution in [0.15, 0.2) is 24.3 Å². The van der Waals surface area contributed by atoms with Gasteiger partial charge < -0.3 is 0 Å². The van der Waals surface area contributed by atoms with E-state index in [1.54, 1.807) is 0 Å². The number of allylic oxidation sites excluding steroid dienone is 4. The Labute approximate surface area is 63.6 Å². The summed E-state index contributed by atoms with van der Waals surface area (Å²) in [7, 11) is 0. The van der Waals surface area contributed by atoms with Gasteiger partial charge in [-0.05, 0) is 38.5 Å². The fourth-order valence-corrected chi connectivity index (χ4v) is 1.07. The maximum absolute atomic E-state index is 2.30. The first-order valence-electron chi connectivity index (χ1n) is 4.12. The molecule has 0 aromatic heterocycles. The van der Waals surface area contributed by atoms with E-state index in [4.69, 9.17) is 0 Å². The smallest absolute Gasteiger partial charge is 0.0311 e. The Kier molecular flexibility index (Phi) is 4.00. The van der Waals surface area contributed by atoms with Gasteiger partial charge >= 0.3 is 0 Å². The molecule has 0 spiro atoms. The zero-order valence-electron chi connectivity index (χ0n) is 6.42. The van der Waals surface area contributed by atoms with E-state index in [2.05, 4.69) is 30.7 Å². The SMILES string of the molecule is [CH]1C/C=C\CCC/C=C\C1. The summed E-state index contributed by atoms with van der Waals surface area (Å²) in [6.45, 7) is 0. The van der Waals surface area contributed by atoms with Crippen LogP contribution in [0.3, 0.4) is 0 Å². The summed E-state index contributed by atoms with van der Waals surface area (Å²) in [4.78, 5) is 0. The van der Waals surface area contributed by atoms with Crippen molar-refractivity contribution in [3.05, 3.63) is 30.7 Å². The van der Waals surface area contributed by atoms with Gasteiger partial charge in [0.2, 0.25) is 0 Å². The average molecular weight is 135 g/mol. The summed E-state index contributed by atoms with van der Waals surface area (Å²) in [5.74, 6) is 0. The van der Waals surface area contributed by atoms with E-state index in [1.807, 2.05) is 0 Å². The monoisotopic (exact) mass is 135 g/mol. The van der Waals surface area contributed by atoms with Crippen molar-refractivity contribution in [2.24, 2.45) is 0 Å². The molecule has 0 aromatic rings. The minimum atomic E-state index is 1.14. The van der Waals surface area contributed by atoms with Gasteiger partial charge in [-0.25, -0.2) is 0 Å². The van der Waals surface area contributed by atoms with Crippen molar-refractivity contribution in [3.8, 4) is 0 Å². The predicted molar refractivity (Wildman–Crippen MR) is 45.7 cm³/mol. The lowest BCUT2D eigenvalue weighted by Crippen LogP contribution is -1.76. The second-order valence-corrected chi connectivity index (χ2v) is 2.63. The largest absolute Gasteiger partial charge is 0.0885 e. The second-order valence-electron chi connectivity index (χ2n) is 2.63. The van der Waals surface area contributed by atoms with Crippen molar-refractivity contribution in [1.29, 1.82) is 0 Å². The van der Waals surface area contributed by atoms with E-state index in [9.17, 15) is 0 Å². The van der Waals surface area contributed by atoms with E-state index in [0.717, 1.165) is 12.8 Å². The highest BCUT2D eigenvalue weighted by atomic mass is 13.9. The van der Waals surface area contributed by atoms with Crippen LogP contribution < -0.4 is 0 Å². The van der Waals surface area contributed by atoms with Crippen molar-refractivity contribution in [2.45, 2.75) is 32.1 Å². The van der Waals surface area contributed by atoms with Crippen molar-refractivity contribution < 1.29 is 0 Å². The van der Waals surface area contributed by atoms with E-state index in [-0.39, 0.29) is 0 Å². The fourth-order valence-electron chi connectivity index (χ4n) is 1.07. The van der Waals surface area contributed by atoms with Crippen molar-refractivity contribution in [1.82, 2.24) is 0 Å². The summed E-state index contributed by atoms with van der Waals surface area (Å²) >= 11 is 0. The van der Waals surface area contributed by atoms with Crippen LogP contribution in [0.25, 0.3) is 0 Å². The molecule has 0 unspecified atom stereocenters. The normalized spacial score (nSPS) is 27.2. The molecule has 0 heteroatoms. The minimum absolute atomic E-state index is 1.14. The predicted octanol–water partition coefficient (Wildman–Crippen LogP) is 3.27. The second kappa shape index (κ2) is 5.28. The Balaban J connectivity index is 2.22. The van der Waals surface area contributed by atoms with Gasteiger partial charge in [0.1, 0.15) is 0 Å². The summed E-state index contributed by atoms with van der Waals surface area (Å²) < 4.78 is 0. The van der Waals surface area contributed by atoms with Gasteiger partial charge in [0.15, 0.2) is 0 Å². The molecule has 55 valence electrons. The molecule has 0 saturated carbocycles. The van der Waals surface area contributed by atoms with Crippen LogP contribution in [-0.2, 0) is 0 Å². The Morgan fingerprint density at radius 3 is 1.90 bits per heavy atom. The van der Waals surface area contributed by atoms with Crippen LogP contribution >= 0.6 is 0 Å². The molecule has 1 aliphatic rings. The zero-order valence-corrected chi connectivity index (χ0v) is 6.42. The highest BCUT2D eigenvalue weighted by Crippen LogP contribution is 2.04. The standard InChI is InChI=1S/C10H15/c1-2-4-6-8-10-9-7-5-3-1/h1-2,5,9-10H,3-4,6-8H2/b2-1-,10-9-. The fraction of sp³-hybridized carbons (Fsp3) is 0.500. The van der Waals surface area contributed by atoms with Gasteiger partial charge in [-0.1, -0.05) is 24.3 Å². The first kappa shape index (κ1) is 7.59. The summed E-state index contributed by atoms with van der Waals surface area (Å²) in [5.41, 5.74) is 0. The summed E-state index contributed by atoms with van der Waals surface area (Å²) in [6.07, 6.45) is 17.5. The number of hydrogen-bond acceptors (Lipinski definition) is 0. The molecule has 0 heterocycles. The molecule has 0 atom stereocenters. The third-order valence-corrected chi connectivity index (χ3v) is 1.68.